The molecule has 1 atom stereocenters. The summed E-state index contributed by atoms with van der Waals surface area (Å²) in [5, 5.41) is 3.27. The number of rotatable bonds is 1. The summed E-state index contributed by atoms with van der Waals surface area (Å²) in [6.07, 6.45) is 1.58. The Kier molecular flexibility index (Phi) is 2.46. The van der Waals surface area contributed by atoms with Crippen LogP contribution in [-0.2, 0) is 4.79 Å². The summed E-state index contributed by atoms with van der Waals surface area (Å²) in [5.74, 6) is 0.311. The van der Waals surface area contributed by atoms with Crippen molar-refractivity contribution in [3.63, 3.8) is 0 Å². The van der Waals surface area contributed by atoms with Crippen LogP contribution in [-0.4, -0.2) is 17.3 Å². The monoisotopic (exact) mass is 232 g/mol. The number of hydrogen-bond acceptors (Lipinski definition) is 4. The number of ketones is 1. The highest BCUT2D eigenvalue weighted by atomic mass is 32.1. The third kappa shape index (κ3) is 1.74. The molecule has 2 heterocycles. The van der Waals surface area contributed by atoms with Gasteiger partial charge in [-0.1, -0.05) is 6.07 Å². The van der Waals surface area contributed by atoms with E-state index in [2.05, 4.69) is 28.5 Å². The van der Waals surface area contributed by atoms with Gasteiger partial charge in [0.2, 0.25) is 0 Å². The van der Waals surface area contributed by atoms with Crippen molar-refractivity contribution in [1.29, 1.82) is 0 Å². The Morgan fingerprint density at radius 3 is 3.19 bits per heavy atom. The number of thiazole rings is 1. The van der Waals surface area contributed by atoms with Gasteiger partial charge in [0.25, 0.3) is 0 Å². The molecule has 1 saturated heterocycles. The van der Waals surface area contributed by atoms with Gasteiger partial charge in [-0.3, -0.25) is 4.79 Å². The molecule has 4 heteroatoms. The van der Waals surface area contributed by atoms with Crippen LogP contribution in [0.5, 0.6) is 0 Å². The molecule has 3 nitrogen and oxygen atoms in total. The number of aromatic nitrogens is 1. The van der Waals surface area contributed by atoms with E-state index in [-0.39, 0.29) is 0 Å². The molecule has 0 bridgehead atoms. The van der Waals surface area contributed by atoms with E-state index in [1.807, 2.05) is 5.51 Å². The second kappa shape index (κ2) is 3.96. The maximum absolute atomic E-state index is 11.1. The molecule has 1 fully saturated rings. The van der Waals surface area contributed by atoms with Crippen LogP contribution in [0.25, 0.3) is 10.2 Å². The highest BCUT2D eigenvalue weighted by Crippen LogP contribution is 2.26. The number of carbonyl (C=O) groups excluding carboxylic acids is 1. The zero-order chi connectivity index (χ0) is 11.0. The Labute approximate surface area is 97.5 Å². The van der Waals surface area contributed by atoms with Gasteiger partial charge in [-0.15, -0.1) is 11.3 Å². The predicted molar refractivity (Wildman–Crippen MR) is 64.6 cm³/mol. The first-order valence-corrected chi connectivity index (χ1v) is 6.29. The highest BCUT2D eigenvalue weighted by molar-refractivity contribution is 7.16. The zero-order valence-electron chi connectivity index (χ0n) is 8.77. The van der Waals surface area contributed by atoms with Crippen molar-refractivity contribution in [3.05, 3.63) is 29.3 Å². The first-order valence-electron chi connectivity index (χ1n) is 5.41. The topological polar surface area (TPSA) is 42.0 Å². The molecule has 3 rings (SSSR count). The van der Waals surface area contributed by atoms with Crippen molar-refractivity contribution in [3.8, 4) is 0 Å². The van der Waals surface area contributed by atoms with E-state index >= 15 is 0 Å². The lowest BCUT2D eigenvalue weighted by molar-refractivity contribution is -0.119. The van der Waals surface area contributed by atoms with Crippen molar-refractivity contribution in [2.45, 2.75) is 18.9 Å². The minimum absolute atomic E-state index is 0.309. The van der Waals surface area contributed by atoms with Gasteiger partial charge >= 0.3 is 0 Å². The molecule has 1 aliphatic heterocycles. The molecule has 1 aromatic carbocycles. The van der Waals surface area contributed by atoms with Gasteiger partial charge in [-0.05, 0) is 24.1 Å². The molecule has 0 unspecified atom stereocenters. The number of fused-ring (bicyclic) bond motifs is 1. The van der Waals surface area contributed by atoms with Crippen molar-refractivity contribution < 1.29 is 4.79 Å². The first kappa shape index (κ1) is 9.93. The van der Waals surface area contributed by atoms with E-state index in [4.69, 9.17) is 0 Å². The standard InChI is InChI=1S/C12H12N2OS/c15-9-2-3-10(13-6-9)8-1-4-12-11(5-8)14-7-16-12/h1,4-5,7,10,13H,2-3,6H2/t10-/m1/s1. The number of nitrogens with zero attached hydrogens (tertiary/aromatic N) is 1. The van der Waals surface area contributed by atoms with E-state index < -0.39 is 0 Å². The quantitative estimate of drug-likeness (QED) is 0.820. The summed E-state index contributed by atoms with van der Waals surface area (Å²) in [5.41, 5.74) is 4.17. The molecule has 2 aromatic rings. The molecule has 0 radical (unpaired) electrons. The van der Waals surface area contributed by atoms with Gasteiger partial charge in [0.15, 0.2) is 0 Å². The second-order valence-corrected chi connectivity index (χ2v) is 4.98. The fraction of sp³-hybridized carbons (Fsp3) is 0.333. The Balaban J connectivity index is 1.90. The van der Waals surface area contributed by atoms with E-state index in [1.54, 1.807) is 11.3 Å². The van der Waals surface area contributed by atoms with Gasteiger partial charge in [0, 0.05) is 12.5 Å². The van der Waals surface area contributed by atoms with Gasteiger partial charge < -0.3 is 5.32 Å². The summed E-state index contributed by atoms with van der Waals surface area (Å²) in [7, 11) is 0. The van der Waals surface area contributed by atoms with Crippen LogP contribution >= 0.6 is 11.3 Å². The summed E-state index contributed by atoms with van der Waals surface area (Å²) < 4.78 is 1.22. The average molecular weight is 232 g/mol. The predicted octanol–water partition coefficient (Wildman–Crippen LogP) is 2.29. The molecular weight excluding hydrogens is 220 g/mol. The third-order valence-corrected chi connectivity index (χ3v) is 3.82. The molecule has 0 spiro atoms. The van der Waals surface area contributed by atoms with Gasteiger partial charge in [-0.2, -0.15) is 0 Å². The third-order valence-electron chi connectivity index (χ3n) is 3.01. The van der Waals surface area contributed by atoms with Crippen molar-refractivity contribution in [1.82, 2.24) is 10.3 Å². The number of Topliss-reactive ketones (excluding diaryl/α,β-unsaturated/α-hetero) is 1. The number of nitrogens with one attached hydrogen (secondary N) is 1. The highest BCUT2D eigenvalue weighted by Gasteiger charge is 2.19. The number of benzene rings is 1. The van der Waals surface area contributed by atoms with Crippen LogP contribution in [0.15, 0.2) is 23.7 Å². The maximum Gasteiger partial charge on any atom is 0.146 e. The summed E-state index contributed by atoms with van der Waals surface area (Å²) >= 11 is 1.66. The summed E-state index contributed by atoms with van der Waals surface area (Å²) in [6, 6.07) is 6.68. The SMILES string of the molecule is O=C1CC[C@H](c2ccc3scnc3c2)NC1. The maximum atomic E-state index is 11.1. The first-order chi connectivity index (χ1) is 7.83. The fourth-order valence-corrected chi connectivity index (χ4v) is 2.77. The van der Waals surface area contributed by atoms with Crippen LogP contribution in [0.1, 0.15) is 24.4 Å². The minimum atomic E-state index is 0.309. The Hall–Kier alpha value is -1.26. The normalized spacial score (nSPS) is 21.5. The van der Waals surface area contributed by atoms with E-state index in [0.717, 1.165) is 11.9 Å². The van der Waals surface area contributed by atoms with Crippen LogP contribution in [0.2, 0.25) is 0 Å². The van der Waals surface area contributed by atoms with Crippen molar-refractivity contribution in [2.75, 3.05) is 6.54 Å². The largest absolute Gasteiger partial charge is 0.303 e. The number of hydrogen-bond donors (Lipinski definition) is 1. The molecule has 82 valence electrons. The van der Waals surface area contributed by atoms with Gasteiger partial charge in [0.05, 0.1) is 22.3 Å². The van der Waals surface area contributed by atoms with Gasteiger partial charge in [-0.25, -0.2) is 4.98 Å². The molecule has 1 aromatic heterocycles. The minimum Gasteiger partial charge on any atom is -0.303 e. The molecule has 1 N–H and O–H groups in total. The van der Waals surface area contributed by atoms with E-state index in [1.165, 1.54) is 10.3 Å². The summed E-state index contributed by atoms with van der Waals surface area (Å²) in [6.45, 7) is 0.500. The Bertz CT molecular complexity index is 525. The van der Waals surface area contributed by atoms with E-state index in [9.17, 15) is 4.79 Å². The van der Waals surface area contributed by atoms with E-state index in [0.29, 0.717) is 24.8 Å². The molecule has 0 saturated carbocycles. The molecule has 16 heavy (non-hydrogen) atoms. The molecule has 0 amide bonds. The van der Waals surface area contributed by atoms with Crippen LogP contribution < -0.4 is 5.32 Å². The Morgan fingerprint density at radius 2 is 2.38 bits per heavy atom. The summed E-state index contributed by atoms with van der Waals surface area (Å²) in [4.78, 5) is 15.5. The lowest BCUT2D eigenvalue weighted by atomic mass is 9.97. The lowest BCUT2D eigenvalue weighted by Crippen LogP contribution is -2.33. The molecule has 1 aliphatic rings. The van der Waals surface area contributed by atoms with Crippen LogP contribution in [0.3, 0.4) is 0 Å². The fourth-order valence-electron chi connectivity index (χ4n) is 2.11. The average Bonchev–Trinajstić information content (AvgIpc) is 2.77. The van der Waals surface area contributed by atoms with Crippen LogP contribution in [0.4, 0.5) is 0 Å². The van der Waals surface area contributed by atoms with Gasteiger partial charge in [0.1, 0.15) is 5.78 Å². The smallest absolute Gasteiger partial charge is 0.146 e. The Morgan fingerprint density at radius 1 is 1.44 bits per heavy atom. The second-order valence-electron chi connectivity index (χ2n) is 4.09. The molecular formula is C12H12N2OS. The molecule has 0 aliphatic carbocycles. The van der Waals surface area contributed by atoms with Crippen molar-refractivity contribution in [2.24, 2.45) is 0 Å². The lowest BCUT2D eigenvalue weighted by Gasteiger charge is -2.22. The van der Waals surface area contributed by atoms with Crippen LogP contribution in [0, 0.1) is 0 Å². The number of carbonyl (C=O) groups is 1. The number of piperidine rings is 1. The van der Waals surface area contributed by atoms with Crippen molar-refractivity contribution >= 4 is 27.3 Å². The zero-order valence-corrected chi connectivity index (χ0v) is 9.59.